The molecule has 4 heteroatoms. The fourth-order valence-corrected chi connectivity index (χ4v) is 1.57. The van der Waals surface area contributed by atoms with E-state index in [1.54, 1.807) is 6.33 Å². The van der Waals surface area contributed by atoms with Gasteiger partial charge in [-0.1, -0.05) is 6.92 Å². The van der Waals surface area contributed by atoms with Crippen LogP contribution in [0, 0.1) is 6.92 Å². The molecule has 0 aliphatic carbocycles. The molecular formula is C10H14N3O+. The number of rotatable bonds is 2. The Morgan fingerprint density at radius 2 is 2.36 bits per heavy atom. The minimum absolute atomic E-state index is 0.459. The summed E-state index contributed by atoms with van der Waals surface area (Å²) in [4.78, 5) is 4.09. The Kier molecular flexibility index (Phi) is 2.11. The van der Waals surface area contributed by atoms with E-state index in [-0.39, 0.29) is 0 Å². The van der Waals surface area contributed by atoms with Crippen molar-refractivity contribution in [1.82, 2.24) is 4.98 Å². The molecular weight excluding hydrogens is 178 g/mol. The lowest BCUT2D eigenvalue weighted by Crippen LogP contribution is -2.34. The summed E-state index contributed by atoms with van der Waals surface area (Å²) in [5.41, 5.74) is 7.43. The highest BCUT2D eigenvalue weighted by atomic mass is 16.3. The molecule has 14 heavy (non-hydrogen) atoms. The van der Waals surface area contributed by atoms with E-state index in [0.717, 1.165) is 24.2 Å². The first-order chi connectivity index (χ1) is 6.72. The Labute approximate surface area is 82.4 Å². The van der Waals surface area contributed by atoms with Gasteiger partial charge in [-0.15, -0.1) is 0 Å². The SMILES string of the molecule is CCC[n+]1cnc(N)c2oc(C)cc21. The van der Waals surface area contributed by atoms with Gasteiger partial charge < -0.3 is 10.2 Å². The predicted octanol–water partition coefficient (Wildman–Crippen LogP) is 1.42. The van der Waals surface area contributed by atoms with Crippen molar-refractivity contribution in [2.45, 2.75) is 26.8 Å². The van der Waals surface area contributed by atoms with Crippen molar-refractivity contribution < 1.29 is 8.98 Å². The van der Waals surface area contributed by atoms with Crippen LogP contribution in [0.1, 0.15) is 19.1 Å². The quantitative estimate of drug-likeness (QED) is 0.732. The smallest absolute Gasteiger partial charge is 0.289 e. The first kappa shape index (κ1) is 8.99. The van der Waals surface area contributed by atoms with E-state index in [1.165, 1.54) is 0 Å². The number of hydrogen-bond donors (Lipinski definition) is 1. The Hall–Kier alpha value is -1.58. The minimum Gasteiger partial charge on any atom is -0.451 e. The maximum absolute atomic E-state index is 5.72. The maximum atomic E-state index is 5.72. The summed E-state index contributed by atoms with van der Waals surface area (Å²) >= 11 is 0. The second-order valence-corrected chi connectivity index (χ2v) is 3.39. The first-order valence-electron chi connectivity index (χ1n) is 4.76. The molecule has 2 aromatic heterocycles. The van der Waals surface area contributed by atoms with Crippen molar-refractivity contribution >= 4 is 16.9 Å². The number of furan rings is 1. The van der Waals surface area contributed by atoms with Gasteiger partial charge in [-0.2, -0.15) is 0 Å². The average molecular weight is 192 g/mol. The van der Waals surface area contributed by atoms with Crippen molar-refractivity contribution in [1.29, 1.82) is 0 Å². The number of nitrogens with zero attached hydrogens (tertiary/aromatic N) is 2. The van der Waals surface area contributed by atoms with Gasteiger partial charge in [0.15, 0.2) is 5.52 Å². The third kappa shape index (κ3) is 1.32. The molecule has 0 bridgehead atoms. The summed E-state index contributed by atoms with van der Waals surface area (Å²) in [6, 6.07) is 1.99. The van der Waals surface area contributed by atoms with E-state index in [1.807, 2.05) is 13.0 Å². The molecule has 0 aliphatic rings. The van der Waals surface area contributed by atoms with E-state index in [0.29, 0.717) is 11.4 Å². The van der Waals surface area contributed by atoms with Crippen LogP contribution in [-0.4, -0.2) is 4.98 Å². The van der Waals surface area contributed by atoms with Crippen LogP contribution in [0.3, 0.4) is 0 Å². The maximum Gasteiger partial charge on any atom is 0.289 e. The molecule has 0 atom stereocenters. The van der Waals surface area contributed by atoms with Crippen LogP contribution in [0.5, 0.6) is 0 Å². The fourth-order valence-electron chi connectivity index (χ4n) is 1.57. The van der Waals surface area contributed by atoms with Crippen molar-refractivity contribution in [3.8, 4) is 0 Å². The Morgan fingerprint density at radius 3 is 3.07 bits per heavy atom. The van der Waals surface area contributed by atoms with Crippen LogP contribution >= 0.6 is 0 Å². The van der Waals surface area contributed by atoms with Gasteiger partial charge in [-0.25, -0.2) is 4.57 Å². The zero-order valence-electron chi connectivity index (χ0n) is 8.45. The van der Waals surface area contributed by atoms with E-state index in [2.05, 4.69) is 16.5 Å². The molecule has 2 N–H and O–H groups in total. The van der Waals surface area contributed by atoms with Gasteiger partial charge in [-0.05, 0) is 18.3 Å². The standard InChI is InChI=1S/C10H13N3O/c1-3-4-13-6-12-10(11)9-8(13)5-7(2)14-9/h5-6,11H,3-4H2,1-2H3/p+1. The van der Waals surface area contributed by atoms with Gasteiger partial charge in [0.05, 0.1) is 6.54 Å². The molecule has 0 fully saturated rings. The zero-order chi connectivity index (χ0) is 10.1. The molecule has 0 spiro atoms. The second-order valence-electron chi connectivity index (χ2n) is 3.39. The third-order valence-corrected chi connectivity index (χ3v) is 2.18. The van der Waals surface area contributed by atoms with Crippen LogP contribution in [0.15, 0.2) is 16.8 Å². The van der Waals surface area contributed by atoms with Gasteiger partial charge in [0.2, 0.25) is 5.58 Å². The van der Waals surface area contributed by atoms with E-state index in [4.69, 9.17) is 10.2 Å². The van der Waals surface area contributed by atoms with Crippen LogP contribution < -0.4 is 10.3 Å². The third-order valence-electron chi connectivity index (χ3n) is 2.18. The lowest BCUT2D eigenvalue weighted by atomic mass is 10.3. The Bertz CT molecular complexity index is 462. The van der Waals surface area contributed by atoms with Gasteiger partial charge in [0, 0.05) is 6.07 Å². The second kappa shape index (κ2) is 3.29. The largest absolute Gasteiger partial charge is 0.451 e. The number of nitrogen functional groups attached to an aromatic ring is 1. The van der Waals surface area contributed by atoms with Crippen LogP contribution in [-0.2, 0) is 6.54 Å². The van der Waals surface area contributed by atoms with Crippen molar-refractivity contribution in [3.05, 3.63) is 18.2 Å². The van der Waals surface area contributed by atoms with Crippen molar-refractivity contribution in [2.75, 3.05) is 5.73 Å². The molecule has 0 saturated heterocycles. The Balaban J connectivity index is 2.68. The minimum atomic E-state index is 0.459. The molecule has 0 aliphatic heterocycles. The molecule has 74 valence electrons. The topological polar surface area (TPSA) is 55.9 Å². The molecule has 2 aromatic rings. The number of aromatic nitrogens is 2. The summed E-state index contributed by atoms with van der Waals surface area (Å²) in [5.74, 6) is 1.32. The molecule has 0 saturated carbocycles. The number of hydrogen-bond acceptors (Lipinski definition) is 3. The van der Waals surface area contributed by atoms with E-state index >= 15 is 0 Å². The molecule has 2 rings (SSSR count). The molecule has 0 radical (unpaired) electrons. The first-order valence-corrected chi connectivity index (χ1v) is 4.76. The number of nitrogens with two attached hydrogens (primary N) is 1. The summed E-state index contributed by atoms with van der Waals surface area (Å²) in [6.45, 7) is 4.97. The van der Waals surface area contributed by atoms with Gasteiger partial charge in [0.25, 0.3) is 12.1 Å². The average Bonchev–Trinajstić information content (AvgIpc) is 2.53. The molecule has 4 nitrogen and oxygen atoms in total. The monoisotopic (exact) mass is 192 g/mol. The van der Waals surface area contributed by atoms with Gasteiger partial charge in [-0.3, -0.25) is 0 Å². The zero-order valence-corrected chi connectivity index (χ0v) is 8.45. The van der Waals surface area contributed by atoms with Gasteiger partial charge >= 0.3 is 0 Å². The number of anilines is 1. The fraction of sp³-hybridized carbons (Fsp3) is 0.400. The molecule has 0 aromatic carbocycles. The number of aryl methyl sites for hydroxylation is 2. The molecule has 2 heterocycles. The van der Waals surface area contributed by atoms with Crippen LogP contribution in [0.25, 0.3) is 11.1 Å². The van der Waals surface area contributed by atoms with Crippen LogP contribution in [0.4, 0.5) is 5.82 Å². The van der Waals surface area contributed by atoms with Crippen molar-refractivity contribution in [3.63, 3.8) is 0 Å². The van der Waals surface area contributed by atoms with E-state index in [9.17, 15) is 0 Å². The summed E-state index contributed by atoms with van der Waals surface area (Å²) in [7, 11) is 0. The highest BCUT2D eigenvalue weighted by molar-refractivity contribution is 5.79. The number of fused-ring (bicyclic) bond motifs is 1. The summed E-state index contributed by atoms with van der Waals surface area (Å²) < 4.78 is 7.54. The van der Waals surface area contributed by atoms with Crippen molar-refractivity contribution in [2.24, 2.45) is 0 Å². The lowest BCUT2D eigenvalue weighted by Gasteiger charge is -1.96. The highest BCUT2D eigenvalue weighted by Crippen LogP contribution is 2.19. The molecule has 0 unspecified atom stereocenters. The lowest BCUT2D eigenvalue weighted by molar-refractivity contribution is -0.674. The van der Waals surface area contributed by atoms with Gasteiger partial charge in [0.1, 0.15) is 5.76 Å². The Morgan fingerprint density at radius 1 is 1.57 bits per heavy atom. The van der Waals surface area contributed by atoms with E-state index < -0.39 is 0 Å². The normalized spacial score (nSPS) is 11.0. The highest BCUT2D eigenvalue weighted by Gasteiger charge is 2.15. The molecule has 0 amide bonds. The summed E-state index contributed by atoms with van der Waals surface area (Å²) in [5, 5.41) is 0. The summed E-state index contributed by atoms with van der Waals surface area (Å²) in [6.07, 6.45) is 2.83. The predicted molar refractivity (Wildman–Crippen MR) is 53.6 cm³/mol. The van der Waals surface area contributed by atoms with Crippen LogP contribution in [0.2, 0.25) is 0 Å².